The largest absolute Gasteiger partial charge is 0.495 e. The zero-order valence-corrected chi connectivity index (χ0v) is 7.17. The third-order valence-corrected chi connectivity index (χ3v) is 2.26. The molecule has 0 unspecified atom stereocenters. The summed E-state index contributed by atoms with van der Waals surface area (Å²) in [5, 5.41) is 1.25. The van der Waals surface area contributed by atoms with Crippen LogP contribution in [0.5, 0.6) is 0 Å². The Morgan fingerprint density at radius 1 is 1.50 bits per heavy atom. The molecule has 0 aromatic rings. The monoisotopic (exact) mass is 178 g/mol. The van der Waals surface area contributed by atoms with Gasteiger partial charge in [0, 0.05) is 5.03 Å². The van der Waals surface area contributed by atoms with Crippen molar-refractivity contribution in [2.75, 3.05) is 7.11 Å². The van der Waals surface area contributed by atoms with Gasteiger partial charge in [-0.1, -0.05) is 23.2 Å². The fourth-order valence-electron chi connectivity index (χ4n) is 0.836. The Hall–Kier alpha value is -0.140. The van der Waals surface area contributed by atoms with E-state index in [0.717, 1.165) is 12.8 Å². The highest BCUT2D eigenvalue weighted by molar-refractivity contribution is 6.40. The first kappa shape index (κ1) is 7.96. The van der Waals surface area contributed by atoms with Gasteiger partial charge in [-0.3, -0.25) is 0 Å². The van der Waals surface area contributed by atoms with E-state index in [2.05, 4.69) is 0 Å². The van der Waals surface area contributed by atoms with E-state index in [-0.39, 0.29) is 0 Å². The lowest BCUT2D eigenvalue weighted by atomic mass is 10.2. The summed E-state index contributed by atoms with van der Waals surface area (Å²) in [6.45, 7) is 0. The van der Waals surface area contributed by atoms with Gasteiger partial charge in [-0.25, -0.2) is 0 Å². The molecule has 0 heterocycles. The van der Waals surface area contributed by atoms with E-state index in [1.807, 2.05) is 6.08 Å². The SMILES string of the molecule is COC1=CCCC(Cl)=C1Cl. The van der Waals surface area contributed by atoms with Crippen LogP contribution in [0.4, 0.5) is 0 Å². The summed E-state index contributed by atoms with van der Waals surface area (Å²) < 4.78 is 4.96. The van der Waals surface area contributed by atoms with Gasteiger partial charge in [0.2, 0.25) is 0 Å². The molecule has 0 atom stereocenters. The average molecular weight is 179 g/mol. The van der Waals surface area contributed by atoms with Crippen molar-refractivity contribution in [2.24, 2.45) is 0 Å². The topological polar surface area (TPSA) is 9.23 Å². The predicted octanol–water partition coefficient (Wildman–Crippen LogP) is 3.00. The number of methoxy groups -OCH3 is 1. The minimum atomic E-state index is 0.551. The molecule has 1 aliphatic rings. The third-order valence-electron chi connectivity index (χ3n) is 1.37. The van der Waals surface area contributed by atoms with Gasteiger partial charge < -0.3 is 4.74 Å². The fraction of sp³-hybridized carbons (Fsp3) is 0.429. The zero-order chi connectivity index (χ0) is 7.56. The van der Waals surface area contributed by atoms with Crippen molar-refractivity contribution in [3.05, 3.63) is 21.9 Å². The van der Waals surface area contributed by atoms with Crippen molar-refractivity contribution in [1.82, 2.24) is 0 Å². The number of ether oxygens (including phenoxy) is 1. The second-order valence-corrected chi connectivity index (χ2v) is 2.86. The molecule has 0 aromatic carbocycles. The van der Waals surface area contributed by atoms with Crippen LogP contribution in [-0.4, -0.2) is 7.11 Å². The molecule has 3 heteroatoms. The Morgan fingerprint density at radius 2 is 2.20 bits per heavy atom. The maximum absolute atomic E-state index is 5.79. The van der Waals surface area contributed by atoms with Crippen LogP contribution in [0.15, 0.2) is 21.9 Å². The van der Waals surface area contributed by atoms with Crippen molar-refractivity contribution >= 4 is 23.2 Å². The molecule has 10 heavy (non-hydrogen) atoms. The second-order valence-electron chi connectivity index (χ2n) is 2.03. The highest BCUT2D eigenvalue weighted by atomic mass is 35.5. The number of rotatable bonds is 1. The molecule has 0 amide bonds. The molecule has 0 fully saturated rings. The van der Waals surface area contributed by atoms with Crippen LogP contribution in [0.1, 0.15) is 12.8 Å². The van der Waals surface area contributed by atoms with E-state index in [0.29, 0.717) is 15.8 Å². The Kier molecular flexibility index (Phi) is 2.64. The minimum absolute atomic E-state index is 0.551. The molecule has 0 aromatic heterocycles. The molecule has 0 bridgehead atoms. The zero-order valence-electron chi connectivity index (χ0n) is 5.66. The van der Waals surface area contributed by atoms with Crippen LogP contribution in [0.2, 0.25) is 0 Å². The van der Waals surface area contributed by atoms with Crippen molar-refractivity contribution < 1.29 is 4.74 Å². The summed E-state index contributed by atoms with van der Waals surface area (Å²) in [5.41, 5.74) is 0. The summed E-state index contributed by atoms with van der Waals surface area (Å²) in [6, 6.07) is 0. The van der Waals surface area contributed by atoms with Crippen molar-refractivity contribution in [1.29, 1.82) is 0 Å². The van der Waals surface area contributed by atoms with Gasteiger partial charge in [0.05, 0.1) is 12.1 Å². The van der Waals surface area contributed by atoms with Crippen molar-refractivity contribution in [3.63, 3.8) is 0 Å². The molecule has 0 aliphatic heterocycles. The normalized spacial score (nSPS) is 18.9. The van der Waals surface area contributed by atoms with Gasteiger partial charge in [-0.05, 0) is 18.9 Å². The maximum Gasteiger partial charge on any atom is 0.134 e. The molecule has 1 nitrogen and oxygen atoms in total. The summed E-state index contributed by atoms with van der Waals surface area (Å²) >= 11 is 11.6. The predicted molar refractivity (Wildman–Crippen MR) is 43.1 cm³/mol. The molecule has 0 saturated heterocycles. The molecule has 56 valence electrons. The van der Waals surface area contributed by atoms with Crippen LogP contribution < -0.4 is 0 Å². The average Bonchev–Trinajstić information content (AvgIpc) is 1.95. The summed E-state index contributed by atoms with van der Waals surface area (Å²) in [7, 11) is 1.59. The van der Waals surface area contributed by atoms with E-state index in [1.54, 1.807) is 7.11 Å². The van der Waals surface area contributed by atoms with E-state index >= 15 is 0 Å². The lowest BCUT2D eigenvalue weighted by molar-refractivity contribution is 0.301. The van der Waals surface area contributed by atoms with E-state index < -0.39 is 0 Å². The lowest BCUT2D eigenvalue weighted by Crippen LogP contribution is -1.94. The van der Waals surface area contributed by atoms with Gasteiger partial charge in [0.1, 0.15) is 5.76 Å². The van der Waals surface area contributed by atoms with Crippen LogP contribution >= 0.6 is 23.2 Å². The lowest BCUT2D eigenvalue weighted by Gasteiger charge is -2.11. The van der Waals surface area contributed by atoms with E-state index in [9.17, 15) is 0 Å². The summed E-state index contributed by atoms with van der Waals surface area (Å²) in [6.07, 6.45) is 3.68. The molecule has 0 saturated carbocycles. The Bertz CT molecular complexity index is 194. The Balaban J connectivity index is 2.83. The highest BCUT2D eigenvalue weighted by Crippen LogP contribution is 2.30. The van der Waals surface area contributed by atoms with E-state index in [1.165, 1.54) is 0 Å². The Labute approximate surface area is 70.3 Å². The third kappa shape index (κ3) is 1.47. The highest BCUT2D eigenvalue weighted by Gasteiger charge is 2.11. The first-order valence-electron chi connectivity index (χ1n) is 3.04. The summed E-state index contributed by atoms with van der Waals surface area (Å²) in [5.74, 6) is 0.693. The van der Waals surface area contributed by atoms with Gasteiger partial charge in [0.25, 0.3) is 0 Å². The second kappa shape index (κ2) is 3.31. The number of halogens is 2. The van der Waals surface area contributed by atoms with Crippen molar-refractivity contribution in [2.45, 2.75) is 12.8 Å². The van der Waals surface area contributed by atoms with Gasteiger partial charge in [-0.15, -0.1) is 0 Å². The van der Waals surface area contributed by atoms with Gasteiger partial charge in [-0.2, -0.15) is 0 Å². The number of allylic oxidation sites excluding steroid dienone is 3. The molecule has 1 rings (SSSR count). The number of hydrogen-bond donors (Lipinski definition) is 0. The molecule has 1 aliphatic carbocycles. The minimum Gasteiger partial charge on any atom is -0.495 e. The first-order chi connectivity index (χ1) is 4.75. The van der Waals surface area contributed by atoms with Crippen LogP contribution in [0.25, 0.3) is 0 Å². The standard InChI is InChI=1S/C7H8Cl2O/c1-10-6-4-2-3-5(8)7(6)9/h4H,2-3H2,1H3. The maximum atomic E-state index is 5.79. The van der Waals surface area contributed by atoms with Gasteiger partial charge >= 0.3 is 0 Å². The van der Waals surface area contributed by atoms with E-state index in [4.69, 9.17) is 27.9 Å². The molecule has 0 N–H and O–H groups in total. The Morgan fingerprint density at radius 3 is 2.70 bits per heavy atom. The van der Waals surface area contributed by atoms with Crippen LogP contribution in [-0.2, 0) is 4.74 Å². The van der Waals surface area contributed by atoms with Gasteiger partial charge in [0.15, 0.2) is 0 Å². The first-order valence-corrected chi connectivity index (χ1v) is 3.80. The quantitative estimate of drug-likeness (QED) is 0.601. The fourth-order valence-corrected chi connectivity index (χ4v) is 1.29. The summed E-state index contributed by atoms with van der Waals surface area (Å²) in [4.78, 5) is 0. The van der Waals surface area contributed by atoms with Crippen molar-refractivity contribution in [3.8, 4) is 0 Å². The molecule has 0 radical (unpaired) electrons. The van der Waals surface area contributed by atoms with Crippen LogP contribution in [0.3, 0.4) is 0 Å². The molecule has 0 spiro atoms. The molecular formula is C7H8Cl2O. The number of hydrogen-bond acceptors (Lipinski definition) is 1. The smallest absolute Gasteiger partial charge is 0.134 e. The van der Waals surface area contributed by atoms with Crippen LogP contribution in [0, 0.1) is 0 Å². The molecular weight excluding hydrogens is 171 g/mol.